The van der Waals surface area contributed by atoms with E-state index in [0.29, 0.717) is 5.75 Å². The average molecular weight is 850 g/mol. The first-order chi connectivity index (χ1) is 28.0. The van der Waals surface area contributed by atoms with Crippen LogP contribution in [0.4, 0.5) is 0 Å². The average Bonchev–Trinajstić information content (AvgIpc) is 3.78. The smallest absolute Gasteiger partial charge is 0.0114 e. The molecule has 9 aromatic rings. The van der Waals surface area contributed by atoms with Crippen LogP contribution in [0, 0.1) is 13.8 Å². The number of phenols is 1. The molecule has 0 radical (unpaired) electrons. The van der Waals surface area contributed by atoms with Crippen molar-refractivity contribution < 1.29 is 29.3 Å². The molecule has 1 N–H and O–H groups in total. The van der Waals surface area contributed by atoms with Crippen LogP contribution >= 0.6 is 0 Å². The molecule has 2 heteroatoms. The van der Waals surface area contributed by atoms with E-state index in [4.69, 9.17) is 0 Å². The molecule has 0 spiro atoms. The summed E-state index contributed by atoms with van der Waals surface area (Å²) >= 11 is 1.55. The van der Waals surface area contributed by atoms with Crippen LogP contribution in [0.1, 0.15) is 77.6 Å². The summed E-state index contributed by atoms with van der Waals surface area (Å²) in [5.41, 5.74) is 10.4. The summed E-state index contributed by atoms with van der Waals surface area (Å²) in [6.45, 7) is 21.5. The van der Waals surface area contributed by atoms with E-state index in [2.05, 4.69) is 221 Å². The summed E-state index contributed by atoms with van der Waals surface area (Å²) < 4.78 is 1.51. The second-order valence-electron chi connectivity index (χ2n) is 18.0. The van der Waals surface area contributed by atoms with Gasteiger partial charge in [-0.2, -0.15) is 12.1 Å². The van der Waals surface area contributed by atoms with Gasteiger partial charge in [-0.3, -0.25) is 0 Å². The van der Waals surface area contributed by atoms with Gasteiger partial charge in [-0.15, -0.1) is 69.1 Å². The molecular weight excluding hydrogens is 792 g/mol. The van der Waals surface area contributed by atoms with Gasteiger partial charge >= 0.3 is 41.3 Å². The third-order valence-corrected chi connectivity index (χ3v) is 10.6. The Bertz CT molecular complexity index is 2690. The fourth-order valence-corrected chi connectivity index (χ4v) is 7.76. The number of fused-ring (bicyclic) bond motifs is 4. The third kappa shape index (κ3) is 10.5. The van der Waals surface area contributed by atoms with E-state index in [0.717, 1.165) is 5.56 Å². The van der Waals surface area contributed by atoms with Crippen LogP contribution in [0.15, 0.2) is 164 Å². The van der Waals surface area contributed by atoms with Crippen LogP contribution in [-0.2, 0) is 35.1 Å². The number of hydrogen-bond acceptors (Lipinski definition) is 1. The van der Waals surface area contributed by atoms with Crippen molar-refractivity contribution in [3.05, 3.63) is 186 Å². The van der Waals surface area contributed by atoms with Gasteiger partial charge in [0, 0.05) is 0 Å². The van der Waals surface area contributed by atoms with Gasteiger partial charge in [0.05, 0.1) is 0 Å². The molecule has 0 unspecified atom stereocenters. The van der Waals surface area contributed by atoms with E-state index < -0.39 is 0 Å². The molecule has 0 fully saturated rings. The number of aryl methyl sites for hydroxylation is 2. The van der Waals surface area contributed by atoms with E-state index in [1.807, 2.05) is 6.07 Å². The van der Waals surface area contributed by atoms with Gasteiger partial charge in [0.1, 0.15) is 5.75 Å². The molecule has 0 atom stereocenters. The van der Waals surface area contributed by atoms with Crippen LogP contribution in [0.2, 0.25) is 0 Å². The minimum absolute atomic E-state index is 0.00859. The Morgan fingerprint density at radius 3 is 1.24 bits per heavy atom. The summed E-state index contributed by atoms with van der Waals surface area (Å²) in [6.07, 6.45) is 0. The van der Waals surface area contributed by atoms with Crippen molar-refractivity contribution in [1.29, 1.82) is 0 Å². The maximum Gasteiger partial charge on any atom is -0.0114 e. The molecule has 1 nitrogen and oxygen atoms in total. The molecule has 0 aromatic heterocycles. The normalized spacial score (nSPS) is 11.4. The summed E-state index contributed by atoms with van der Waals surface area (Å²) in [5, 5.41) is 20.4. The van der Waals surface area contributed by atoms with Crippen molar-refractivity contribution in [2.75, 3.05) is 0 Å². The zero-order valence-electron chi connectivity index (χ0n) is 36.5. The van der Waals surface area contributed by atoms with Crippen LogP contribution < -0.4 is 0 Å². The van der Waals surface area contributed by atoms with Gasteiger partial charge in [0.25, 0.3) is 0 Å². The molecule has 0 aliphatic rings. The molecule has 0 aliphatic carbocycles. The fraction of sp³-hybridized carbons (Fsp3) is 0.211. The number of rotatable bonds is 2. The summed E-state index contributed by atoms with van der Waals surface area (Å²) in [5.74, 6) is 0.399. The largest absolute Gasteiger partial charge is 0.165 e. The molecule has 0 amide bonds. The van der Waals surface area contributed by atoms with E-state index in [1.165, 1.54) is 85.2 Å². The van der Waals surface area contributed by atoms with Gasteiger partial charge in [0.2, 0.25) is 0 Å². The van der Waals surface area contributed by atoms with Gasteiger partial charge in [-0.25, -0.2) is 0 Å². The first-order valence-corrected chi connectivity index (χ1v) is 21.9. The van der Waals surface area contributed by atoms with Crippen LogP contribution in [-0.4, -0.2) is 8.31 Å². The number of benzene rings is 7. The van der Waals surface area contributed by atoms with E-state index in [-0.39, 0.29) is 10.8 Å². The molecule has 0 aliphatic heterocycles. The molecule has 59 heavy (non-hydrogen) atoms. The van der Waals surface area contributed by atoms with Crippen molar-refractivity contribution in [3.63, 3.8) is 0 Å². The zero-order chi connectivity index (χ0) is 42.5. The molecule has 0 bridgehead atoms. The Balaban J connectivity index is 0.000000144. The summed E-state index contributed by atoms with van der Waals surface area (Å²) in [7, 11) is 0. The molecule has 296 valence electrons. The topological polar surface area (TPSA) is 20.2 Å². The molecule has 0 saturated carbocycles. The maximum atomic E-state index is 9.84. The zero-order valence-corrected chi connectivity index (χ0v) is 39.0. The van der Waals surface area contributed by atoms with Gasteiger partial charge in [0.15, 0.2) is 0 Å². The number of aromatic hydroxyl groups is 1. The van der Waals surface area contributed by atoms with Crippen LogP contribution in [0.5, 0.6) is 5.75 Å². The quantitative estimate of drug-likeness (QED) is 0.172. The molecular formula is C57H58OZr. The summed E-state index contributed by atoms with van der Waals surface area (Å²) in [6, 6.07) is 58.4. The summed E-state index contributed by atoms with van der Waals surface area (Å²) in [4.78, 5) is 0. The van der Waals surface area contributed by atoms with Crippen molar-refractivity contribution in [2.24, 2.45) is 0 Å². The first-order valence-electron chi connectivity index (χ1n) is 20.7. The molecule has 9 aromatic carbocycles. The third-order valence-electron chi connectivity index (χ3n) is 10.6. The van der Waals surface area contributed by atoms with Crippen molar-refractivity contribution in [1.82, 2.24) is 0 Å². The Hall–Kier alpha value is -5.17. The van der Waals surface area contributed by atoms with E-state index in [1.54, 1.807) is 30.3 Å². The maximum absolute atomic E-state index is 9.84. The Labute approximate surface area is 367 Å². The Kier molecular flexibility index (Phi) is 13.5. The van der Waals surface area contributed by atoms with E-state index in [9.17, 15) is 5.11 Å². The van der Waals surface area contributed by atoms with Gasteiger partial charge < -0.3 is 5.11 Å². The number of phenolic OH excluding ortho intramolecular Hbond substituents is 1. The number of hydrogen-bond donors (Lipinski definition) is 1. The first kappa shape index (κ1) is 43.4. The molecule has 0 saturated heterocycles. The molecule has 9 rings (SSSR count). The van der Waals surface area contributed by atoms with Crippen LogP contribution in [0.3, 0.4) is 0 Å². The van der Waals surface area contributed by atoms with Crippen molar-refractivity contribution in [3.8, 4) is 28.0 Å². The Morgan fingerprint density at radius 1 is 0.458 bits per heavy atom. The van der Waals surface area contributed by atoms with Crippen molar-refractivity contribution >= 4 is 46.3 Å². The molecule has 0 heterocycles. The van der Waals surface area contributed by atoms with Crippen molar-refractivity contribution in [2.45, 2.75) is 80.1 Å². The van der Waals surface area contributed by atoms with Crippen LogP contribution in [0.25, 0.3) is 65.3 Å². The fourth-order valence-electron chi connectivity index (χ4n) is 7.76. The second kappa shape index (κ2) is 18.4. The predicted octanol–water partition coefficient (Wildman–Crippen LogP) is 16.1. The Morgan fingerprint density at radius 2 is 0.831 bits per heavy atom. The monoisotopic (exact) mass is 848 g/mol. The predicted molar refractivity (Wildman–Crippen MR) is 256 cm³/mol. The standard InChI is InChI=1S/2C20H15.C14H22O.C3H6.Zr/c2*1-14-12-16-8-5-11-19(20(16)13-14)18-10-4-7-15-6-2-3-9-17(15)18;1-13(2,3)10-7-8-12(15)11(9-10)14(4,5)6;1-3-2;/h2*2-13H,1H3;7-9,15H,1-6H3;1-2H3;/q2*-1;;;+2. The second-order valence-corrected chi connectivity index (χ2v) is 20.4. The minimum atomic E-state index is -0.00859. The SMILES string of the molecule is CC(C)(C)c1ccc(O)c(C(C)(C)C)c1.C[C](C)=[Zr+2].Cc1cc2c(-c3cccc4ccccc34)cccc2[cH-]1.Cc1cc2c(-c3cccc4ccccc34)cccc2[cH-]1. The minimum Gasteiger partial charge on any atom is -0.165 e. The van der Waals surface area contributed by atoms with E-state index >= 15 is 0 Å². The van der Waals surface area contributed by atoms with Gasteiger partial charge in [-0.1, -0.05) is 176 Å². The van der Waals surface area contributed by atoms with Gasteiger partial charge in [-0.05, 0) is 60.7 Å².